The molecule has 1 aromatic carbocycles. The molecule has 5 nitrogen and oxygen atoms in total. The van der Waals surface area contributed by atoms with Gasteiger partial charge in [0.1, 0.15) is 5.76 Å². The SMILES string of the molecule is CN(Cc1ccco1)[C@@H]1CCC[C@@H]2CN(S(=O)(=O)c3ccccc3)C[C@H]21. The van der Waals surface area contributed by atoms with Crippen molar-refractivity contribution in [3.8, 4) is 0 Å². The number of nitrogens with zero attached hydrogens (tertiary/aromatic N) is 2. The van der Waals surface area contributed by atoms with E-state index in [1.807, 2.05) is 18.2 Å². The molecule has 0 amide bonds. The Kier molecular flexibility index (Phi) is 4.90. The third kappa shape index (κ3) is 3.33. The molecule has 4 rings (SSSR count). The molecular weight excluding hydrogens is 348 g/mol. The number of sulfonamides is 1. The van der Waals surface area contributed by atoms with Crippen LogP contribution in [0.15, 0.2) is 58.0 Å². The van der Waals surface area contributed by atoms with Gasteiger partial charge in [0.15, 0.2) is 0 Å². The van der Waals surface area contributed by atoms with E-state index in [9.17, 15) is 8.42 Å². The predicted octanol–water partition coefficient (Wildman–Crippen LogP) is 3.20. The van der Waals surface area contributed by atoms with Gasteiger partial charge in [-0.1, -0.05) is 24.6 Å². The molecule has 0 unspecified atom stereocenters. The second-order valence-corrected chi connectivity index (χ2v) is 9.49. The number of rotatable bonds is 5. The highest BCUT2D eigenvalue weighted by molar-refractivity contribution is 7.89. The summed E-state index contributed by atoms with van der Waals surface area (Å²) >= 11 is 0. The van der Waals surface area contributed by atoms with Gasteiger partial charge in [0, 0.05) is 19.1 Å². The van der Waals surface area contributed by atoms with Crippen LogP contribution in [-0.4, -0.2) is 43.8 Å². The van der Waals surface area contributed by atoms with Crippen LogP contribution in [-0.2, 0) is 16.6 Å². The largest absolute Gasteiger partial charge is 0.468 e. The van der Waals surface area contributed by atoms with Crippen molar-refractivity contribution in [1.82, 2.24) is 9.21 Å². The second kappa shape index (κ2) is 7.18. The molecular formula is C20H26N2O3S. The summed E-state index contributed by atoms with van der Waals surface area (Å²) in [4.78, 5) is 2.74. The van der Waals surface area contributed by atoms with E-state index >= 15 is 0 Å². The molecule has 2 aliphatic rings. The fourth-order valence-corrected chi connectivity index (χ4v) is 6.21. The van der Waals surface area contributed by atoms with Crippen LogP contribution in [0.5, 0.6) is 0 Å². The van der Waals surface area contributed by atoms with Crippen molar-refractivity contribution in [3.05, 3.63) is 54.5 Å². The minimum absolute atomic E-state index is 0.391. The average molecular weight is 375 g/mol. The van der Waals surface area contributed by atoms with Gasteiger partial charge in [-0.25, -0.2) is 8.42 Å². The van der Waals surface area contributed by atoms with Crippen LogP contribution in [0.1, 0.15) is 25.0 Å². The van der Waals surface area contributed by atoms with Crippen molar-refractivity contribution >= 4 is 10.0 Å². The van der Waals surface area contributed by atoms with Gasteiger partial charge in [-0.15, -0.1) is 0 Å². The Morgan fingerprint density at radius 1 is 1.12 bits per heavy atom. The minimum atomic E-state index is -3.40. The molecule has 2 fully saturated rings. The third-order valence-corrected chi connectivity index (χ3v) is 7.81. The molecule has 0 bridgehead atoms. The van der Waals surface area contributed by atoms with Gasteiger partial charge in [-0.3, -0.25) is 4.90 Å². The topological polar surface area (TPSA) is 53.8 Å². The highest BCUT2D eigenvalue weighted by atomic mass is 32.2. The summed E-state index contributed by atoms with van der Waals surface area (Å²) in [6.07, 6.45) is 5.11. The first-order valence-corrected chi connectivity index (χ1v) is 10.8. The van der Waals surface area contributed by atoms with Gasteiger partial charge in [-0.05, 0) is 56.0 Å². The lowest BCUT2D eigenvalue weighted by Crippen LogP contribution is -2.43. The summed E-state index contributed by atoms with van der Waals surface area (Å²) < 4.78 is 33.2. The van der Waals surface area contributed by atoms with Crippen LogP contribution in [0.4, 0.5) is 0 Å². The summed E-state index contributed by atoms with van der Waals surface area (Å²) in [5, 5.41) is 0. The standard InChI is InChI=1S/C20H26N2O3S/c1-21(14-17-8-6-12-25-17)20-11-5-7-16-13-22(15-19(16)20)26(23,24)18-9-3-2-4-10-18/h2-4,6,8-10,12,16,19-20H,5,7,11,13-15H2,1H3/t16-,19-,20-/m1/s1. The molecule has 2 heterocycles. The predicted molar refractivity (Wildman–Crippen MR) is 100.0 cm³/mol. The zero-order valence-corrected chi connectivity index (χ0v) is 15.9. The molecule has 140 valence electrons. The Labute approximate surface area is 155 Å². The number of hydrogen-bond donors (Lipinski definition) is 0. The highest BCUT2D eigenvalue weighted by Crippen LogP contribution is 2.40. The normalized spacial score (nSPS) is 26.9. The van der Waals surface area contributed by atoms with Crippen molar-refractivity contribution < 1.29 is 12.8 Å². The molecule has 0 N–H and O–H groups in total. The summed E-state index contributed by atoms with van der Waals surface area (Å²) in [6, 6.07) is 13.1. The van der Waals surface area contributed by atoms with Crippen LogP contribution in [0, 0.1) is 11.8 Å². The third-order valence-electron chi connectivity index (χ3n) is 5.96. The Bertz CT molecular complexity index is 820. The van der Waals surface area contributed by atoms with Crippen molar-refractivity contribution in [2.45, 2.75) is 36.7 Å². The maximum Gasteiger partial charge on any atom is 0.243 e. The molecule has 2 aromatic rings. The highest BCUT2D eigenvalue weighted by Gasteiger charge is 2.45. The zero-order valence-electron chi connectivity index (χ0n) is 15.1. The molecule has 1 saturated heterocycles. The lowest BCUT2D eigenvalue weighted by molar-refractivity contribution is 0.0999. The number of hydrogen-bond acceptors (Lipinski definition) is 4. The fraction of sp³-hybridized carbons (Fsp3) is 0.500. The van der Waals surface area contributed by atoms with Crippen LogP contribution < -0.4 is 0 Å². The molecule has 1 aliphatic heterocycles. The van der Waals surface area contributed by atoms with Crippen LogP contribution in [0.3, 0.4) is 0 Å². The number of furan rings is 1. The van der Waals surface area contributed by atoms with Gasteiger partial charge in [0.25, 0.3) is 0 Å². The van der Waals surface area contributed by atoms with Crippen molar-refractivity contribution in [1.29, 1.82) is 0 Å². The smallest absolute Gasteiger partial charge is 0.243 e. The number of benzene rings is 1. The van der Waals surface area contributed by atoms with Gasteiger partial charge < -0.3 is 4.42 Å². The van der Waals surface area contributed by atoms with Crippen molar-refractivity contribution in [2.24, 2.45) is 11.8 Å². The van der Waals surface area contributed by atoms with E-state index in [0.29, 0.717) is 35.9 Å². The second-order valence-electron chi connectivity index (χ2n) is 7.55. The molecule has 1 aliphatic carbocycles. The van der Waals surface area contributed by atoms with Gasteiger partial charge in [-0.2, -0.15) is 4.31 Å². The average Bonchev–Trinajstić information content (AvgIpc) is 3.31. The molecule has 1 aromatic heterocycles. The maximum absolute atomic E-state index is 13.0. The first-order chi connectivity index (χ1) is 12.6. The van der Waals surface area contributed by atoms with Crippen molar-refractivity contribution in [3.63, 3.8) is 0 Å². The summed E-state index contributed by atoms with van der Waals surface area (Å²) in [6.45, 7) is 2.04. The number of fused-ring (bicyclic) bond motifs is 1. The lowest BCUT2D eigenvalue weighted by atomic mass is 9.77. The molecule has 6 heteroatoms. The Hall–Kier alpha value is -1.63. The van der Waals surface area contributed by atoms with E-state index in [2.05, 4.69) is 11.9 Å². The van der Waals surface area contributed by atoms with E-state index in [-0.39, 0.29) is 0 Å². The summed E-state index contributed by atoms with van der Waals surface area (Å²) in [7, 11) is -1.27. The van der Waals surface area contributed by atoms with E-state index < -0.39 is 10.0 Å². The van der Waals surface area contributed by atoms with E-state index in [1.54, 1.807) is 34.8 Å². The van der Waals surface area contributed by atoms with E-state index in [1.165, 1.54) is 0 Å². The van der Waals surface area contributed by atoms with E-state index in [4.69, 9.17) is 4.42 Å². The zero-order chi connectivity index (χ0) is 18.1. The van der Waals surface area contributed by atoms with Crippen molar-refractivity contribution in [2.75, 3.05) is 20.1 Å². The van der Waals surface area contributed by atoms with Gasteiger partial charge >= 0.3 is 0 Å². The van der Waals surface area contributed by atoms with Crippen LogP contribution in [0.2, 0.25) is 0 Å². The van der Waals surface area contributed by atoms with Gasteiger partial charge in [0.05, 0.1) is 17.7 Å². The molecule has 26 heavy (non-hydrogen) atoms. The lowest BCUT2D eigenvalue weighted by Gasteiger charge is -2.38. The maximum atomic E-state index is 13.0. The quantitative estimate of drug-likeness (QED) is 0.806. The molecule has 0 spiro atoms. The first-order valence-electron chi connectivity index (χ1n) is 9.33. The summed E-state index contributed by atoms with van der Waals surface area (Å²) in [5.74, 6) is 1.80. The Morgan fingerprint density at radius 3 is 2.65 bits per heavy atom. The monoisotopic (exact) mass is 374 g/mol. The van der Waals surface area contributed by atoms with Crippen LogP contribution in [0.25, 0.3) is 0 Å². The Morgan fingerprint density at radius 2 is 1.92 bits per heavy atom. The minimum Gasteiger partial charge on any atom is -0.468 e. The molecule has 1 saturated carbocycles. The molecule has 3 atom stereocenters. The van der Waals surface area contributed by atoms with Crippen LogP contribution >= 0.6 is 0 Å². The first kappa shape index (κ1) is 17.8. The summed E-state index contributed by atoms with van der Waals surface area (Å²) in [5.41, 5.74) is 0. The molecule has 0 radical (unpaired) electrons. The Balaban J connectivity index is 1.51. The van der Waals surface area contributed by atoms with Gasteiger partial charge in [0.2, 0.25) is 10.0 Å². The van der Waals surface area contributed by atoms with E-state index in [0.717, 1.165) is 31.6 Å². The fourth-order valence-electron chi connectivity index (χ4n) is 4.65.